The molecule has 7 nitrogen and oxygen atoms in total. The number of nitrogens with two attached hydrogens (primary N) is 1. The van der Waals surface area contributed by atoms with Crippen molar-refractivity contribution >= 4 is 43.1 Å². The molecular weight excluding hydrogens is 280 g/mol. The van der Waals surface area contributed by atoms with Crippen LogP contribution in [0.3, 0.4) is 0 Å². The van der Waals surface area contributed by atoms with Gasteiger partial charge in [-0.1, -0.05) is 0 Å². The molecule has 0 radical (unpaired) electrons. The molecule has 0 aromatic heterocycles. The highest BCUT2D eigenvalue weighted by atomic mass is 32.1. The van der Waals surface area contributed by atoms with Crippen LogP contribution in [0.25, 0.3) is 0 Å². The summed E-state index contributed by atoms with van der Waals surface area (Å²) in [5.41, 5.74) is 5.08. The van der Waals surface area contributed by atoms with E-state index < -0.39 is 24.0 Å². The molecule has 0 saturated heterocycles. The van der Waals surface area contributed by atoms with Crippen LogP contribution in [0.1, 0.15) is 13.3 Å². The Balaban J connectivity index is 0. The summed E-state index contributed by atoms with van der Waals surface area (Å²) in [5, 5.41) is 18.7. The van der Waals surface area contributed by atoms with Crippen molar-refractivity contribution in [2.45, 2.75) is 25.4 Å². The lowest BCUT2D eigenvalue weighted by atomic mass is 10.2. The van der Waals surface area contributed by atoms with Crippen LogP contribution < -0.4 is 11.1 Å². The van der Waals surface area contributed by atoms with Gasteiger partial charge in [-0.15, -0.1) is 0 Å². The molecule has 0 spiro atoms. The smallest absolute Gasteiger partial charge is 0.327 e. The average molecular weight is 298 g/mol. The number of hydrogen-bond donors (Lipinski definition) is 6. The van der Waals surface area contributed by atoms with Gasteiger partial charge in [-0.2, -0.15) is 25.3 Å². The standard InChI is InChI=1S/C5H9NO3S.C4H9NO2S/c1-3(7)6-4(2-10)5(8)9;5-3(1-2-8)4(6)7/h4,10H,2H2,1H3,(H,6,7)(H,8,9);3,8H,1-2,5H2,(H,6,7)/t4-;3-/m00/s1. The van der Waals surface area contributed by atoms with Crippen molar-refractivity contribution in [2.24, 2.45) is 5.73 Å². The second kappa shape index (κ2) is 11.2. The summed E-state index contributed by atoms with van der Waals surface area (Å²) in [4.78, 5) is 30.4. The molecule has 0 rings (SSSR count). The van der Waals surface area contributed by atoms with Gasteiger partial charge in [-0.05, 0) is 12.2 Å². The lowest BCUT2D eigenvalue weighted by Gasteiger charge is -2.08. The Morgan fingerprint density at radius 1 is 1.22 bits per heavy atom. The molecule has 0 unspecified atom stereocenters. The van der Waals surface area contributed by atoms with Gasteiger partial charge in [-0.25, -0.2) is 4.79 Å². The van der Waals surface area contributed by atoms with Crippen LogP contribution >= 0.6 is 25.3 Å². The Morgan fingerprint density at radius 3 is 1.83 bits per heavy atom. The van der Waals surface area contributed by atoms with E-state index in [4.69, 9.17) is 15.9 Å². The Bertz CT molecular complexity index is 288. The van der Waals surface area contributed by atoms with Crippen LogP contribution in [0.4, 0.5) is 0 Å². The van der Waals surface area contributed by atoms with Crippen LogP contribution in [0.2, 0.25) is 0 Å². The van der Waals surface area contributed by atoms with Crippen LogP contribution in [0.5, 0.6) is 0 Å². The van der Waals surface area contributed by atoms with Gasteiger partial charge in [0.2, 0.25) is 5.91 Å². The fraction of sp³-hybridized carbons (Fsp3) is 0.667. The zero-order chi connectivity index (χ0) is 14.7. The molecule has 0 bridgehead atoms. The monoisotopic (exact) mass is 298 g/mol. The number of nitrogens with one attached hydrogen (secondary N) is 1. The molecule has 9 heteroatoms. The third-order valence-corrected chi connectivity index (χ3v) is 2.24. The van der Waals surface area contributed by atoms with Gasteiger partial charge < -0.3 is 21.3 Å². The van der Waals surface area contributed by atoms with E-state index in [2.05, 4.69) is 30.6 Å². The van der Waals surface area contributed by atoms with Crippen molar-refractivity contribution in [3.8, 4) is 0 Å². The largest absolute Gasteiger partial charge is 0.480 e. The first-order chi connectivity index (χ1) is 8.26. The Morgan fingerprint density at radius 2 is 1.72 bits per heavy atom. The number of aliphatic carboxylic acids is 2. The SMILES string of the molecule is CC(=O)N[C@@H](CS)C(=O)O.N[C@@H](CCS)C(=O)O. The van der Waals surface area contributed by atoms with Gasteiger partial charge in [-0.3, -0.25) is 9.59 Å². The van der Waals surface area contributed by atoms with Crippen molar-refractivity contribution in [1.82, 2.24) is 5.32 Å². The van der Waals surface area contributed by atoms with Crippen molar-refractivity contribution in [3.63, 3.8) is 0 Å². The van der Waals surface area contributed by atoms with Gasteiger partial charge >= 0.3 is 11.9 Å². The topological polar surface area (TPSA) is 130 Å². The number of hydrogen-bond acceptors (Lipinski definition) is 6. The van der Waals surface area contributed by atoms with Gasteiger partial charge in [0, 0.05) is 12.7 Å². The Labute approximate surface area is 116 Å². The zero-order valence-electron chi connectivity index (χ0n) is 9.87. The number of carboxylic acids is 2. The van der Waals surface area contributed by atoms with E-state index in [-0.39, 0.29) is 11.7 Å². The second-order valence-corrected chi connectivity index (χ2v) is 4.04. The Hall–Kier alpha value is -0.930. The number of amides is 1. The maximum absolute atomic E-state index is 10.3. The van der Waals surface area contributed by atoms with Crippen LogP contribution in [0.15, 0.2) is 0 Å². The van der Waals surface area contributed by atoms with Gasteiger partial charge in [0.05, 0.1) is 0 Å². The second-order valence-electron chi connectivity index (χ2n) is 3.23. The molecule has 0 aliphatic carbocycles. The summed E-state index contributed by atoms with van der Waals surface area (Å²) in [5.74, 6) is -1.76. The molecule has 0 heterocycles. The third kappa shape index (κ3) is 11.6. The minimum Gasteiger partial charge on any atom is -0.480 e. The molecule has 0 aromatic carbocycles. The van der Waals surface area contributed by atoms with Gasteiger partial charge in [0.15, 0.2) is 0 Å². The highest BCUT2D eigenvalue weighted by Gasteiger charge is 2.15. The van der Waals surface area contributed by atoms with Crippen LogP contribution in [-0.4, -0.2) is 51.6 Å². The maximum atomic E-state index is 10.3. The molecule has 106 valence electrons. The molecule has 1 amide bonds. The highest BCUT2D eigenvalue weighted by Crippen LogP contribution is 1.89. The fourth-order valence-electron chi connectivity index (χ4n) is 0.693. The summed E-state index contributed by atoms with van der Waals surface area (Å²) < 4.78 is 0. The van der Waals surface area contributed by atoms with Crippen molar-refractivity contribution in [1.29, 1.82) is 0 Å². The predicted octanol–water partition coefficient (Wildman–Crippen LogP) is -0.776. The van der Waals surface area contributed by atoms with Crippen LogP contribution in [-0.2, 0) is 14.4 Å². The van der Waals surface area contributed by atoms with E-state index in [0.29, 0.717) is 12.2 Å². The lowest BCUT2D eigenvalue weighted by molar-refractivity contribution is -0.140. The molecule has 0 aliphatic rings. The molecule has 0 aliphatic heterocycles. The molecule has 5 N–H and O–H groups in total. The minimum absolute atomic E-state index is 0.106. The number of carbonyl (C=O) groups is 3. The Kier molecular flexibility index (Phi) is 12.1. The van der Waals surface area contributed by atoms with Crippen molar-refractivity contribution in [3.05, 3.63) is 0 Å². The van der Waals surface area contributed by atoms with Gasteiger partial charge in [0.25, 0.3) is 0 Å². The number of carbonyl (C=O) groups excluding carboxylic acids is 1. The van der Waals surface area contributed by atoms with E-state index in [1.54, 1.807) is 0 Å². The first-order valence-corrected chi connectivity index (χ1v) is 6.22. The fourth-order valence-corrected chi connectivity index (χ4v) is 1.22. The molecule has 0 aromatic rings. The highest BCUT2D eigenvalue weighted by molar-refractivity contribution is 7.80. The third-order valence-electron chi connectivity index (χ3n) is 1.62. The minimum atomic E-state index is -1.06. The molecular formula is C9H18N2O5S2. The van der Waals surface area contributed by atoms with E-state index in [9.17, 15) is 14.4 Å². The first-order valence-electron chi connectivity index (χ1n) is 4.96. The number of rotatable bonds is 6. The summed E-state index contributed by atoms with van der Waals surface area (Å²) in [6.45, 7) is 1.26. The van der Waals surface area contributed by atoms with E-state index >= 15 is 0 Å². The van der Waals surface area contributed by atoms with E-state index in [0.717, 1.165) is 0 Å². The van der Waals surface area contributed by atoms with Gasteiger partial charge in [0.1, 0.15) is 12.1 Å². The van der Waals surface area contributed by atoms with E-state index in [1.807, 2.05) is 0 Å². The summed E-state index contributed by atoms with van der Waals surface area (Å²) in [6.07, 6.45) is 0.429. The molecule has 0 saturated carbocycles. The van der Waals surface area contributed by atoms with Crippen LogP contribution in [0, 0.1) is 0 Å². The van der Waals surface area contributed by atoms with Crippen molar-refractivity contribution < 1.29 is 24.6 Å². The normalized spacial score (nSPS) is 12.7. The number of carboxylic acid groups (broad SMARTS) is 2. The molecule has 18 heavy (non-hydrogen) atoms. The first kappa shape index (κ1) is 19.4. The maximum Gasteiger partial charge on any atom is 0.327 e. The van der Waals surface area contributed by atoms with E-state index in [1.165, 1.54) is 6.92 Å². The summed E-state index contributed by atoms with van der Waals surface area (Å²) >= 11 is 7.55. The number of thiol groups is 2. The van der Waals surface area contributed by atoms with Crippen molar-refractivity contribution in [2.75, 3.05) is 11.5 Å². The summed E-state index contributed by atoms with van der Waals surface area (Å²) in [7, 11) is 0. The lowest BCUT2D eigenvalue weighted by Crippen LogP contribution is -2.40. The molecule has 2 atom stereocenters. The predicted molar refractivity (Wildman–Crippen MR) is 73.2 cm³/mol. The quantitative estimate of drug-likeness (QED) is 0.357. The zero-order valence-corrected chi connectivity index (χ0v) is 11.7. The summed E-state index contributed by atoms with van der Waals surface area (Å²) in [6, 6.07) is -1.62. The average Bonchev–Trinajstić information content (AvgIpc) is 2.26. The molecule has 0 fully saturated rings.